The van der Waals surface area contributed by atoms with Crippen LogP contribution in [0.1, 0.15) is 96.5 Å². The summed E-state index contributed by atoms with van der Waals surface area (Å²) in [7, 11) is 0. The second-order valence-electron chi connectivity index (χ2n) is 18.4. The average molecular weight is 982 g/mol. The maximum Gasteiger partial charge on any atom is 0.407 e. The Bertz CT molecular complexity index is 2750. The lowest BCUT2D eigenvalue weighted by atomic mass is 9.89. The van der Waals surface area contributed by atoms with Gasteiger partial charge in [-0.3, -0.25) is 33.6 Å². The van der Waals surface area contributed by atoms with Crippen LogP contribution in [0.15, 0.2) is 103 Å². The van der Waals surface area contributed by atoms with E-state index in [9.17, 15) is 43.5 Å². The average Bonchev–Trinajstić information content (AvgIpc) is 3.95. The lowest BCUT2D eigenvalue weighted by Gasteiger charge is -2.22. The van der Waals surface area contributed by atoms with Gasteiger partial charge in [0.1, 0.15) is 24.2 Å². The smallest absolute Gasteiger partial charge is 0.407 e. The zero-order chi connectivity index (χ0) is 50.6. The predicted molar refractivity (Wildman–Crippen MR) is 267 cm³/mol. The van der Waals surface area contributed by atoms with Gasteiger partial charge in [0, 0.05) is 80.3 Å². The molecule has 5 atom stereocenters. The molecule has 16 heteroatoms. The molecule has 0 saturated heterocycles. The van der Waals surface area contributed by atoms with Crippen molar-refractivity contribution in [1.82, 2.24) is 26.3 Å². The highest BCUT2D eigenvalue weighted by Gasteiger charge is 2.32. The number of carbonyl (C=O) groups is 8. The van der Waals surface area contributed by atoms with Gasteiger partial charge in [0.15, 0.2) is 17.3 Å². The van der Waals surface area contributed by atoms with Gasteiger partial charge in [-0.15, -0.1) is 11.3 Å². The van der Waals surface area contributed by atoms with Gasteiger partial charge in [-0.25, -0.2) is 9.78 Å². The maximum atomic E-state index is 14.2. The molecule has 0 unspecified atom stereocenters. The molecule has 4 bridgehead atoms. The third kappa shape index (κ3) is 13.9. The second kappa shape index (κ2) is 24.0. The predicted octanol–water partition coefficient (Wildman–Crippen LogP) is 6.29. The highest BCUT2D eigenvalue weighted by Crippen LogP contribution is 2.44. The van der Waals surface area contributed by atoms with Crippen molar-refractivity contribution < 1.29 is 48.2 Å². The molecule has 0 fully saturated rings. The molecule has 0 spiro atoms. The molecule has 5 N–H and O–H groups in total. The minimum atomic E-state index is -1.20. The Morgan fingerprint density at radius 3 is 2.18 bits per heavy atom. The number of phenolic OH excluding ortho intramolecular Hbond substituents is 1. The van der Waals surface area contributed by atoms with Crippen molar-refractivity contribution in [2.24, 2.45) is 11.8 Å². The Balaban J connectivity index is 1.07. The number of benzene rings is 4. The fourth-order valence-electron chi connectivity index (χ4n) is 9.01. The number of aryl methyl sites for hydroxylation is 1. The van der Waals surface area contributed by atoms with Gasteiger partial charge in [0.25, 0.3) is 0 Å². The summed E-state index contributed by atoms with van der Waals surface area (Å²) in [5, 5.41) is 22.4. The number of aromatic nitrogens is 1. The number of rotatable bonds is 9. The fraction of sp³-hybridized carbons (Fsp3) is 0.364. The number of ketones is 4. The van der Waals surface area contributed by atoms with E-state index in [1.165, 1.54) is 38.2 Å². The Hall–Kier alpha value is -7.33. The normalized spacial score (nSPS) is 20.1. The Morgan fingerprint density at radius 1 is 0.803 bits per heavy atom. The van der Waals surface area contributed by atoms with Crippen molar-refractivity contribution >= 4 is 58.3 Å². The number of phenols is 1. The van der Waals surface area contributed by atoms with Gasteiger partial charge in [-0.05, 0) is 71.7 Å². The third-order valence-electron chi connectivity index (χ3n) is 13.1. The van der Waals surface area contributed by atoms with Crippen molar-refractivity contribution in [3.05, 3.63) is 141 Å². The molecule has 2 aliphatic rings. The molecular formula is C55H59N5O10S. The summed E-state index contributed by atoms with van der Waals surface area (Å²) in [5.41, 5.74) is 6.16. The SMILES string of the molecule is CC(=O)[C@@H](CC(=O)[C@@H]1CNC(=O)CCc2ncc(s2)Cc2cc(ccc2O)C[C@H](NC(=O)OCC2c3ccccc3-c3ccccc32)C(=O)C[C@@H](C)C(=O)N[C@@H](C)C(=O)CCC(=O)N1)Cc1ccccc1. The summed E-state index contributed by atoms with van der Waals surface area (Å²) >= 11 is 1.35. The first-order valence-electron chi connectivity index (χ1n) is 24.0. The zero-order valence-electron chi connectivity index (χ0n) is 40.0. The monoisotopic (exact) mass is 981 g/mol. The first-order valence-corrected chi connectivity index (χ1v) is 24.8. The highest BCUT2D eigenvalue weighted by atomic mass is 32.1. The molecule has 7 rings (SSSR count). The van der Waals surface area contributed by atoms with E-state index in [4.69, 9.17) is 4.74 Å². The second-order valence-corrected chi connectivity index (χ2v) is 19.6. The fourth-order valence-corrected chi connectivity index (χ4v) is 9.96. The number of thiazole rings is 1. The van der Waals surface area contributed by atoms with Gasteiger partial charge in [0.05, 0.1) is 17.1 Å². The third-order valence-corrected chi connectivity index (χ3v) is 14.2. The quantitative estimate of drug-likeness (QED) is 0.110. The molecule has 5 aromatic rings. The Morgan fingerprint density at radius 2 is 1.48 bits per heavy atom. The molecule has 370 valence electrons. The standard InChI is InChI=1S/C55H59N5O10S/c1-32-23-49(64)45(60-55(69)70-31-44-42-15-9-7-13-40(42)41-14-8-10-16-43(41)44)26-36-17-18-48(63)38(25-36)27-39-29-57-53(71-39)22-21-51(66)56-30-46(59-52(67)20-19-47(62)33(2)58-54(32)68)50(65)28-37(34(3)61)24-35-11-5-4-6-12-35/h4-18,25,29,32-33,37,44-46,63H,19-24,26-28,30-31H2,1-3H3,(H,56,66)(H,58,68)(H,59,67)(H,60,69)/t32-,33+,37-,45+,46+/m1/s1. The van der Waals surface area contributed by atoms with Crippen LogP contribution in [0.2, 0.25) is 0 Å². The number of Topliss-reactive ketones (excluding diaryl/α,β-unsaturated/α-hetero) is 4. The van der Waals surface area contributed by atoms with E-state index >= 15 is 0 Å². The van der Waals surface area contributed by atoms with E-state index < -0.39 is 71.1 Å². The topological polar surface area (TPSA) is 227 Å². The van der Waals surface area contributed by atoms with Crippen LogP contribution in [0.5, 0.6) is 5.75 Å². The summed E-state index contributed by atoms with van der Waals surface area (Å²) in [6.45, 7) is 4.16. The van der Waals surface area contributed by atoms with E-state index in [2.05, 4.69) is 26.3 Å². The van der Waals surface area contributed by atoms with E-state index in [1.807, 2.05) is 78.9 Å². The molecule has 4 aromatic carbocycles. The van der Waals surface area contributed by atoms with E-state index in [1.54, 1.807) is 18.3 Å². The van der Waals surface area contributed by atoms with Crippen LogP contribution in [-0.2, 0) is 64.0 Å². The van der Waals surface area contributed by atoms with E-state index in [0.29, 0.717) is 22.6 Å². The van der Waals surface area contributed by atoms with Crippen LogP contribution in [0.4, 0.5) is 4.79 Å². The molecular weight excluding hydrogens is 923 g/mol. The largest absolute Gasteiger partial charge is 0.508 e. The minimum absolute atomic E-state index is 0.00209. The van der Waals surface area contributed by atoms with Gasteiger partial charge < -0.3 is 31.1 Å². The number of aromatic hydroxyl groups is 1. The van der Waals surface area contributed by atoms with Crippen molar-refractivity contribution in [3.63, 3.8) is 0 Å². The van der Waals surface area contributed by atoms with Gasteiger partial charge in [0.2, 0.25) is 17.7 Å². The van der Waals surface area contributed by atoms with E-state index in [-0.39, 0.29) is 82.0 Å². The highest BCUT2D eigenvalue weighted by molar-refractivity contribution is 7.11. The first-order chi connectivity index (χ1) is 34.1. The van der Waals surface area contributed by atoms with Crippen molar-refractivity contribution in [1.29, 1.82) is 0 Å². The summed E-state index contributed by atoms with van der Waals surface area (Å²) in [6.07, 6.45) is 0.549. The van der Waals surface area contributed by atoms with Gasteiger partial charge in [-0.2, -0.15) is 0 Å². The van der Waals surface area contributed by atoms with Gasteiger partial charge in [-0.1, -0.05) is 97.9 Å². The number of alkyl carbamates (subject to hydrolysis) is 1. The summed E-state index contributed by atoms with van der Waals surface area (Å²) in [4.78, 5) is 113. The van der Waals surface area contributed by atoms with Gasteiger partial charge >= 0.3 is 6.09 Å². The lowest BCUT2D eigenvalue weighted by molar-refractivity contribution is -0.133. The number of hydrogen-bond donors (Lipinski definition) is 5. The van der Waals surface area contributed by atoms with Crippen molar-refractivity contribution in [2.45, 2.75) is 103 Å². The Labute approximate surface area is 416 Å². The molecule has 0 saturated carbocycles. The number of nitrogens with zero attached hydrogens (tertiary/aromatic N) is 1. The van der Waals surface area contributed by atoms with Crippen LogP contribution in [-0.4, -0.2) is 88.3 Å². The summed E-state index contributed by atoms with van der Waals surface area (Å²) < 4.78 is 5.82. The molecule has 2 heterocycles. The number of hydrogen-bond acceptors (Lipinski definition) is 12. The van der Waals surface area contributed by atoms with Crippen molar-refractivity contribution in [2.75, 3.05) is 13.2 Å². The van der Waals surface area contributed by atoms with Crippen LogP contribution < -0.4 is 21.3 Å². The summed E-state index contributed by atoms with van der Waals surface area (Å²) in [6, 6.07) is 26.6. The zero-order valence-corrected chi connectivity index (χ0v) is 40.9. The number of nitrogens with one attached hydrogen (secondary N) is 4. The maximum absolute atomic E-state index is 14.2. The minimum Gasteiger partial charge on any atom is -0.508 e. The number of fused-ring (bicyclic) bond motifs is 7. The molecule has 71 heavy (non-hydrogen) atoms. The number of ether oxygens (including phenoxy) is 1. The molecule has 4 amide bonds. The molecule has 0 radical (unpaired) electrons. The summed E-state index contributed by atoms with van der Waals surface area (Å²) in [5.74, 6) is -5.11. The van der Waals surface area contributed by atoms with E-state index in [0.717, 1.165) is 32.7 Å². The first kappa shape index (κ1) is 51.5. The molecule has 1 aromatic heterocycles. The van der Waals surface area contributed by atoms with Crippen LogP contribution in [0, 0.1) is 11.8 Å². The molecule has 15 nitrogen and oxygen atoms in total. The number of carbonyl (C=O) groups excluding carboxylic acids is 8. The van der Waals surface area contributed by atoms with Crippen molar-refractivity contribution in [3.8, 4) is 16.9 Å². The van der Waals surface area contributed by atoms with Crippen LogP contribution in [0.25, 0.3) is 11.1 Å². The molecule has 1 aliphatic carbocycles. The lowest BCUT2D eigenvalue weighted by Crippen LogP contribution is -2.49. The Kier molecular flexibility index (Phi) is 17.4. The molecule has 1 aliphatic heterocycles. The van der Waals surface area contributed by atoms with Crippen LogP contribution in [0.3, 0.4) is 0 Å². The number of amides is 4. The van der Waals surface area contributed by atoms with Crippen LogP contribution >= 0.6 is 11.3 Å².